The van der Waals surface area contributed by atoms with E-state index in [1.54, 1.807) is 0 Å². The first-order valence-corrected chi connectivity index (χ1v) is 7.51. The van der Waals surface area contributed by atoms with E-state index in [9.17, 15) is 0 Å². The number of rotatable bonds is 5. The number of oxime groups is 1. The van der Waals surface area contributed by atoms with E-state index in [0.29, 0.717) is 5.56 Å². The maximum atomic E-state index is 8.98. The number of nitrogens with two attached hydrogens (primary N) is 1. The number of amidine groups is 1. The minimum absolute atomic E-state index is 0.109. The van der Waals surface area contributed by atoms with Gasteiger partial charge in [-0.2, -0.15) is 0 Å². The Morgan fingerprint density at radius 3 is 2.57 bits per heavy atom. The summed E-state index contributed by atoms with van der Waals surface area (Å²) < 4.78 is 0.892. The minimum atomic E-state index is 0.109. The van der Waals surface area contributed by atoms with E-state index in [1.165, 1.54) is 5.56 Å². The normalized spacial score (nSPS) is 11.4. The number of hydrogen-bond donors (Lipinski definition) is 2. The van der Waals surface area contributed by atoms with E-state index in [2.05, 4.69) is 45.0 Å². The second-order valence-corrected chi connectivity index (χ2v) is 5.56. The summed E-state index contributed by atoms with van der Waals surface area (Å²) in [4.78, 5) is 2.19. The first kappa shape index (κ1) is 15.4. The lowest BCUT2D eigenvalue weighted by molar-refractivity contribution is 0.318. The van der Waals surface area contributed by atoms with E-state index in [1.807, 2.05) is 36.4 Å². The highest BCUT2D eigenvalue weighted by Crippen LogP contribution is 2.26. The van der Waals surface area contributed by atoms with Crippen LogP contribution in [0.5, 0.6) is 0 Å². The molecule has 0 atom stereocenters. The predicted octanol–water partition coefficient (Wildman–Crippen LogP) is 3.57. The summed E-state index contributed by atoms with van der Waals surface area (Å²) in [6.07, 6.45) is 0. The topological polar surface area (TPSA) is 61.8 Å². The summed E-state index contributed by atoms with van der Waals surface area (Å²) in [5, 5.41) is 12.1. The molecule has 5 heteroatoms. The van der Waals surface area contributed by atoms with E-state index >= 15 is 0 Å². The van der Waals surface area contributed by atoms with Crippen LogP contribution in [-0.2, 0) is 6.54 Å². The largest absolute Gasteiger partial charge is 0.409 e. The van der Waals surface area contributed by atoms with Crippen molar-refractivity contribution in [1.29, 1.82) is 0 Å². The van der Waals surface area contributed by atoms with Crippen LogP contribution in [0.25, 0.3) is 0 Å². The molecule has 2 aromatic carbocycles. The van der Waals surface area contributed by atoms with E-state index in [-0.39, 0.29) is 5.84 Å². The van der Waals surface area contributed by atoms with Crippen molar-refractivity contribution >= 4 is 27.5 Å². The molecule has 0 saturated carbocycles. The van der Waals surface area contributed by atoms with Gasteiger partial charge in [0, 0.05) is 28.8 Å². The SMILES string of the molecule is CCN(Cc1ccccc1)c1ccc(Br)cc1/C(N)=N/O. The fourth-order valence-corrected chi connectivity index (χ4v) is 2.58. The lowest BCUT2D eigenvalue weighted by Gasteiger charge is -2.25. The molecule has 0 saturated heterocycles. The van der Waals surface area contributed by atoms with Crippen molar-refractivity contribution in [3.8, 4) is 0 Å². The van der Waals surface area contributed by atoms with Gasteiger partial charge in [-0.3, -0.25) is 0 Å². The van der Waals surface area contributed by atoms with Crippen molar-refractivity contribution in [3.63, 3.8) is 0 Å². The van der Waals surface area contributed by atoms with Crippen LogP contribution in [0.15, 0.2) is 58.2 Å². The lowest BCUT2D eigenvalue weighted by Crippen LogP contribution is -2.26. The maximum absolute atomic E-state index is 8.98. The number of anilines is 1. The van der Waals surface area contributed by atoms with E-state index in [4.69, 9.17) is 10.9 Å². The van der Waals surface area contributed by atoms with Gasteiger partial charge in [0.05, 0.1) is 0 Å². The van der Waals surface area contributed by atoms with Gasteiger partial charge in [-0.25, -0.2) is 0 Å². The molecule has 0 fully saturated rings. The quantitative estimate of drug-likeness (QED) is 0.376. The van der Waals surface area contributed by atoms with E-state index < -0.39 is 0 Å². The Labute approximate surface area is 133 Å². The second-order valence-electron chi connectivity index (χ2n) is 4.65. The van der Waals surface area contributed by atoms with Crippen molar-refractivity contribution in [2.24, 2.45) is 10.9 Å². The summed E-state index contributed by atoms with van der Waals surface area (Å²) in [5.74, 6) is 0.109. The molecule has 2 aromatic rings. The standard InChI is InChI=1S/C16H18BrN3O/c1-2-20(11-12-6-4-3-5-7-12)15-9-8-13(17)10-14(15)16(18)19-21/h3-10,21H,2,11H2,1H3,(H2,18,19). The summed E-state index contributed by atoms with van der Waals surface area (Å²) in [7, 11) is 0. The van der Waals surface area contributed by atoms with Crippen molar-refractivity contribution in [1.82, 2.24) is 0 Å². The second kappa shape index (κ2) is 7.13. The third-order valence-electron chi connectivity index (χ3n) is 3.28. The third-order valence-corrected chi connectivity index (χ3v) is 3.77. The van der Waals surface area contributed by atoms with Crippen LogP contribution >= 0.6 is 15.9 Å². The molecular weight excluding hydrogens is 330 g/mol. The van der Waals surface area contributed by atoms with Crippen LogP contribution in [0.3, 0.4) is 0 Å². The molecule has 3 N–H and O–H groups in total. The number of nitrogens with zero attached hydrogens (tertiary/aromatic N) is 2. The summed E-state index contributed by atoms with van der Waals surface area (Å²) in [5.41, 5.74) is 8.67. The zero-order chi connectivity index (χ0) is 15.2. The molecule has 0 aliphatic heterocycles. The van der Waals surface area contributed by atoms with E-state index in [0.717, 1.165) is 23.2 Å². The minimum Gasteiger partial charge on any atom is -0.409 e. The van der Waals surface area contributed by atoms with Crippen LogP contribution in [0.4, 0.5) is 5.69 Å². The first-order chi connectivity index (χ1) is 10.2. The Bertz CT molecular complexity index is 629. The van der Waals surface area contributed by atoms with Gasteiger partial charge in [-0.1, -0.05) is 51.4 Å². The van der Waals surface area contributed by atoms with Gasteiger partial charge in [-0.05, 0) is 30.7 Å². The summed E-state index contributed by atoms with van der Waals surface area (Å²) in [6.45, 7) is 3.67. The predicted molar refractivity (Wildman–Crippen MR) is 89.8 cm³/mol. The monoisotopic (exact) mass is 347 g/mol. The highest BCUT2D eigenvalue weighted by Gasteiger charge is 2.14. The first-order valence-electron chi connectivity index (χ1n) is 6.72. The van der Waals surface area contributed by atoms with Crippen molar-refractivity contribution < 1.29 is 5.21 Å². The average Bonchev–Trinajstić information content (AvgIpc) is 2.53. The number of halogens is 1. The van der Waals surface area contributed by atoms with Crippen LogP contribution < -0.4 is 10.6 Å². The third kappa shape index (κ3) is 3.76. The maximum Gasteiger partial charge on any atom is 0.172 e. The average molecular weight is 348 g/mol. The molecular formula is C16H18BrN3O. The molecule has 0 spiro atoms. The molecule has 0 bridgehead atoms. The molecule has 0 aromatic heterocycles. The van der Waals surface area contributed by atoms with Crippen LogP contribution in [0.1, 0.15) is 18.1 Å². The van der Waals surface area contributed by atoms with Crippen molar-refractivity contribution in [3.05, 3.63) is 64.1 Å². The molecule has 21 heavy (non-hydrogen) atoms. The van der Waals surface area contributed by atoms with Crippen LogP contribution in [0.2, 0.25) is 0 Å². The molecule has 0 heterocycles. The molecule has 4 nitrogen and oxygen atoms in total. The zero-order valence-corrected chi connectivity index (χ0v) is 13.4. The van der Waals surface area contributed by atoms with Gasteiger partial charge in [-0.15, -0.1) is 0 Å². The van der Waals surface area contributed by atoms with Gasteiger partial charge in [0.25, 0.3) is 0 Å². The molecule has 2 rings (SSSR count). The van der Waals surface area contributed by atoms with Gasteiger partial charge < -0.3 is 15.8 Å². The molecule has 0 amide bonds. The van der Waals surface area contributed by atoms with Crippen molar-refractivity contribution in [2.45, 2.75) is 13.5 Å². The number of hydrogen-bond acceptors (Lipinski definition) is 3. The van der Waals surface area contributed by atoms with Crippen LogP contribution in [0, 0.1) is 0 Å². The summed E-state index contributed by atoms with van der Waals surface area (Å²) >= 11 is 3.42. The highest BCUT2D eigenvalue weighted by atomic mass is 79.9. The van der Waals surface area contributed by atoms with Crippen molar-refractivity contribution in [2.75, 3.05) is 11.4 Å². The zero-order valence-electron chi connectivity index (χ0n) is 11.8. The molecule has 110 valence electrons. The van der Waals surface area contributed by atoms with Crippen LogP contribution in [-0.4, -0.2) is 17.6 Å². The summed E-state index contributed by atoms with van der Waals surface area (Å²) in [6, 6.07) is 16.0. The Hall–Kier alpha value is -2.01. The Morgan fingerprint density at radius 1 is 1.24 bits per heavy atom. The molecule has 0 unspecified atom stereocenters. The highest BCUT2D eigenvalue weighted by molar-refractivity contribution is 9.10. The number of benzene rings is 2. The van der Waals surface area contributed by atoms with Gasteiger partial charge in [0.2, 0.25) is 0 Å². The molecule has 0 aliphatic carbocycles. The Morgan fingerprint density at radius 2 is 1.95 bits per heavy atom. The van der Waals surface area contributed by atoms with Gasteiger partial charge in [0.15, 0.2) is 5.84 Å². The van der Waals surface area contributed by atoms with Gasteiger partial charge >= 0.3 is 0 Å². The van der Waals surface area contributed by atoms with Gasteiger partial charge in [0.1, 0.15) is 0 Å². The fourth-order valence-electron chi connectivity index (χ4n) is 2.21. The molecule has 0 radical (unpaired) electrons. The Kier molecular flexibility index (Phi) is 5.22. The Balaban J connectivity index is 2.38. The molecule has 0 aliphatic rings. The lowest BCUT2D eigenvalue weighted by atomic mass is 10.1. The fraction of sp³-hybridized carbons (Fsp3) is 0.188. The smallest absolute Gasteiger partial charge is 0.172 e.